The van der Waals surface area contributed by atoms with E-state index in [4.69, 9.17) is 0 Å². The largest absolute Gasteiger partial charge is 0.343 e. The number of carbonyl (C=O) groups is 1. The van der Waals surface area contributed by atoms with Gasteiger partial charge in [0.1, 0.15) is 0 Å². The van der Waals surface area contributed by atoms with E-state index in [0.717, 1.165) is 32.4 Å². The Balaban J connectivity index is 2.00. The fraction of sp³-hybridized carbons (Fsp3) is 0.650. The smallest absolute Gasteiger partial charge is 0.222 e. The first-order valence-electron chi connectivity index (χ1n) is 9.10. The van der Waals surface area contributed by atoms with Crippen LogP contribution in [0, 0.1) is 12.8 Å². The minimum atomic E-state index is 0.293. The molecule has 1 N–H and O–H groups in total. The van der Waals surface area contributed by atoms with Gasteiger partial charge in [-0.1, -0.05) is 45.0 Å². The molecule has 1 aliphatic rings. The molecule has 1 aromatic carbocycles. The standard InChI is InChI=1S/C20H32N2O/c1-5-20(23)22-12-10-17(11-13-22)21-19(14-15(2)3)18-9-7-6-8-16(18)4/h6-9,15,17,19,21H,5,10-14H2,1-4H3/t19-/m1/s1. The molecule has 0 radical (unpaired) electrons. The third-order valence-corrected chi connectivity index (χ3v) is 4.86. The molecule has 2 rings (SSSR count). The molecule has 23 heavy (non-hydrogen) atoms. The predicted molar refractivity (Wildman–Crippen MR) is 96.4 cm³/mol. The van der Waals surface area contributed by atoms with Gasteiger partial charge < -0.3 is 10.2 Å². The summed E-state index contributed by atoms with van der Waals surface area (Å²) in [6.45, 7) is 10.5. The fourth-order valence-corrected chi connectivity index (χ4v) is 3.54. The van der Waals surface area contributed by atoms with E-state index < -0.39 is 0 Å². The first kappa shape index (κ1) is 18.0. The molecular formula is C20H32N2O. The van der Waals surface area contributed by atoms with Gasteiger partial charge in [-0.15, -0.1) is 0 Å². The van der Waals surface area contributed by atoms with Crippen molar-refractivity contribution in [2.75, 3.05) is 13.1 Å². The molecule has 1 saturated heterocycles. The third kappa shape index (κ3) is 5.07. The van der Waals surface area contributed by atoms with Crippen LogP contribution >= 0.6 is 0 Å². The van der Waals surface area contributed by atoms with Crippen LogP contribution in [0.25, 0.3) is 0 Å². The summed E-state index contributed by atoms with van der Waals surface area (Å²) in [6, 6.07) is 9.63. The van der Waals surface area contributed by atoms with Crippen LogP contribution in [0.15, 0.2) is 24.3 Å². The van der Waals surface area contributed by atoms with Crippen molar-refractivity contribution in [3.05, 3.63) is 35.4 Å². The summed E-state index contributed by atoms with van der Waals surface area (Å²) >= 11 is 0. The first-order chi connectivity index (χ1) is 11.0. The predicted octanol–water partition coefficient (Wildman–Crippen LogP) is 4.07. The molecule has 0 spiro atoms. The molecule has 0 aliphatic carbocycles. The molecule has 1 fully saturated rings. The molecule has 3 nitrogen and oxygen atoms in total. The number of hydrogen-bond acceptors (Lipinski definition) is 2. The number of likely N-dealkylation sites (tertiary alicyclic amines) is 1. The van der Waals surface area contributed by atoms with E-state index in [1.54, 1.807) is 0 Å². The van der Waals surface area contributed by atoms with Gasteiger partial charge >= 0.3 is 0 Å². The Morgan fingerprint density at radius 2 is 1.91 bits per heavy atom. The fourth-order valence-electron chi connectivity index (χ4n) is 3.54. The van der Waals surface area contributed by atoms with Crippen LogP contribution in [0.5, 0.6) is 0 Å². The summed E-state index contributed by atoms with van der Waals surface area (Å²) in [6.07, 6.45) is 3.90. The Morgan fingerprint density at radius 1 is 1.26 bits per heavy atom. The Morgan fingerprint density at radius 3 is 2.48 bits per heavy atom. The van der Waals surface area contributed by atoms with Gasteiger partial charge in [0, 0.05) is 31.6 Å². The minimum absolute atomic E-state index is 0.293. The van der Waals surface area contributed by atoms with Gasteiger partial charge in [-0.25, -0.2) is 0 Å². The van der Waals surface area contributed by atoms with Crippen molar-refractivity contribution in [3.8, 4) is 0 Å². The SMILES string of the molecule is CCC(=O)N1CCC(N[C@H](CC(C)C)c2ccccc2C)CC1. The number of carbonyl (C=O) groups excluding carboxylic acids is 1. The van der Waals surface area contributed by atoms with Gasteiger partial charge in [0.05, 0.1) is 0 Å². The Labute approximate surface area is 141 Å². The molecule has 0 saturated carbocycles. The highest BCUT2D eigenvalue weighted by Crippen LogP contribution is 2.26. The Kier molecular flexibility index (Phi) is 6.64. The molecular weight excluding hydrogens is 284 g/mol. The van der Waals surface area contributed by atoms with Crippen LogP contribution < -0.4 is 5.32 Å². The average Bonchev–Trinajstić information content (AvgIpc) is 2.54. The molecule has 1 aromatic rings. The van der Waals surface area contributed by atoms with Gasteiger partial charge in [-0.3, -0.25) is 4.79 Å². The van der Waals surface area contributed by atoms with E-state index in [1.165, 1.54) is 11.1 Å². The molecule has 1 amide bonds. The summed E-state index contributed by atoms with van der Waals surface area (Å²) in [5.41, 5.74) is 2.79. The van der Waals surface area contributed by atoms with Gasteiger partial charge in [0.25, 0.3) is 0 Å². The molecule has 0 aromatic heterocycles. The zero-order valence-electron chi connectivity index (χ0n) is 15.1. The number of benzene rings is 1. The van der Waals surface area contributed by atoms with E-state index in [1.807, 2.05) is 11.8 Å². The Bertz CT molecular complexity index is 504. The van der Waals surface area contributed by atoms with Crippen molar-refractivity contribution in [1.82, 2.24) is 10.2 Å². The summed E-state index contributed by atoms with van der Waals surface area (Å²) in [4.78, 5) is 13.8. The zero-order valence-corrected chi connectivity index (χ0v) is 15.1. The zero-order chi connectivity index (χ0) is 16.8. The van der Waals surface area contributed by atoms with Crippen LogP contribution in [0.2, 0.25) is 0 Å². The van der Waals surface area contributed by atoms with E-state index in [0.29, 0.717) is 30.3 Å². The average molecular weight is 316 g/mol. The number of rotatable bonds is 6. The van der Waals surface area contributed by atoms with Crippen molar-refractivity contribution in [1.29, 1.82) is 0 Å². The summed E-state index contributed by atoms with van der Waals surface area (Å²) in [5.74, 6) is 0.954. The lowest BCUT2D eigenvalue weighted by atomic mass is 9.92. The Hall–Kier alpha value is -1.35. The molecule has 128 valence electrons. The monoisotopic (exact) mass is 316 g/mol. The highest BCUT2D eigenvalue weighted by atomic mass is 16.2. The van der Waals surface area contributed by atoms with E-state index in [2.05, 4.69) is 50.4 Å². The summed E-state index contributed by atoms with van der Waals surface area (Å²) in [5, 5.41) is 3.88. The highest BCUT2D eigenvalue weighted by Gasteiger charge is 2.25. The second-order valence-electron chi connectivity index (χ2n) is 7.21. The molecule has 1 atom stereocenters. The normalized spacial score (nSPS) is 17.5. The molecule has 1 heterocycles. The van der Waals surface area contributed by atoms with Crippen LogP contribution in [0.1, 0.15) is 63.6 Å². The van der Waals surface area contributed by atoms with Gasteiger partial charge in [0.2, 0.25) is 5.91 Å². The lowest BCUT2D eigenvalue weighted by Crippen LogP contribution is -2.45. The second-order valence-corrected chi connectivity index (χ2v) is 7.21. The number of amides is 1. The molecule has 0 bridgehead atoms. The van der Waals surface area contributed by atoms with Crippen molar-refractivity contribution in [3.63, 3.8) is 0 Å². The van der Waals surface area contributed by atoms with E-state index in [9.17, 15) is 4.79 Å². The summed E-state index contributed by atoms with van der Waals surface area (Å²) < 4.78 is 0. The van der Waals surface area contributed by atoms with Crippen molar-refractivity contribution in [2.24, 2.45) is 5.92 Å². The first-order valence-corrected chi connectivity index (χ1v) is 9.10. The van der Waals surface area contributed by atoms with Crippen LogP contribution in [0.3, 0.4) is 0 Å². The van der Waals surface area contributed by atoms with E-state index >= 15 is 0 Å². The lowest BCUT2D eigenvalue weighted by molar-refractivity contribution is -0.131. The number of piperidine rings is 1. The maximum absolute atomic E-state index is 11.8. The lowest BCUT2D eigenvalue weighted by Gasteiger charge is -2.35. The van der Waals surface area contributed by atoms with Crippen LogP contribution in [-0.2, 0) is 4.79 Å². The third-order valence-electron chi connectivity index (χ3n) is 4.86. The number of nitrogens with zero attached hydrogens (tertiary/aromatic N) is 1. The van der Waals surface area contributed by atoms with Crippen molar-refractivity contribution in [2.45, 2.75) is 65.5 Å². The van der Waals surface area contributed by atoms with Gasteiger partial charge in [0.15, 0.2) is 0 Å². The topological polar surface area (TPSA) is 32.3 Å². The van der Waals surface area contributed by atoms with Crippen LogP contribution in [0.4, 0.5) is 0 Å². The van der Waals surface area contributed by atoms with Crippen LogP contribution in [-0.4, -0.2) is 29.9 Å². The number of hydrogen-bond donors (Lipinski definition) is 1. The summed E-state index contributed by atoms with van der Waals surface area (Å²) in [7, 11) is 0. The highest BCUT2D eigenvalue weighted by molar-refractivity contribution is 5.75. The maximum Gasteiger partial charge on any atom is 0.222 e. The number of aryl methyl sites for hydroxylation is 1. The van der Waals surface area contributed by atoms with Gasteiger partial charge in [-0.2, -0.15) is 0 Å². The minimum Gasteiger partial charge on any atom is -0.343 e. The number of nitrogens with one attached hydrogen (secondary N) is 1. The second kappa shape index (κ2) is 8.49. The van der Waals surface area contributed by atoms with Gasteiger partial charge in [-0.05, 0) is 43.2 Å². The molecule has 0 unspecified atom stereocenters. The molecule has 1 aliphatic heterocycles. The maximum atomic E-state index is 11.8. The van der Waals surface area contributed by atoms with Crippen molar-refractivity contribution < 1.29 is 4.79 Å². The van der Waals surface area contributed by atoms with E-state index in [-0.39, 0.29) is 0 Å². The quantitative estimate of drug-likeness (QED) is 0.858. The molecule has 3 heteroatoms. The van der Waals surface area contributed by atoms with Crippen molar-refractivity contribution >= 4 is 5.91 Å².